The van der Waals surface area contributed by atoms with E-state index >= 15 is 0 Å². The average Bonchev–Trinajstić information content (AvgIpc) is 2.91. The normalized spacial score (nSPS) is 21.1. The van der Waals surface area contributed by atoms with Crippen molar-refractivity contribution in [1.29, 1.82) is 0 Å². The molecule has 0 unspecified atom stereocenters. The van der Waals surface area contributed by atoms with Crippen molar-refractivity contribution in [2.75, 3.05) is 18.8 Å². The van der Waals surface area contributed by atoms with E-state index in [1.165, 1.54) is 6.20 Å². The zero-order valence-electron chi connectivity index (χ0n) is 12.5. The highest BCUT2D eigenvalue weighted by Gasteiger charge is 2.40. The number of aliphatic hydroxyl groups is 1. The molecule has 1 fully saturated rings. The van der Waals surface area contributed by atoms with Crippen molar-refractivity contribution in [1.82, 2.24) is 9.88 Å². The second kappa shape index (κ2) is 5.42. The number of benzene rings is 1. The summed E-state index contributed by atoms with van der Waals surface area (Å²) in [7, 11) is 0. The number of anilines is 1. The van der Waals surface area contributed by atoms with Crippen molar-refractivity contribution >= 4 is 11.7 Å². The highest BCUT2D eigenvalue weighted by Crippen LogP contribution is 2.34. The summed E-state index contributed by atoms with van der Waals surface area (Å²) in [4.78, 5) is 18.1. The highest BCUT2D eigenvalue weighted by molar-refractivity contribution is 5.94. The van der Waals surface area contributed by atoms with Crippen LogP contribution in [0.15, 0.2) is 42.6 Å². The number of amides is 1. The topological polar surface area (TPSA) is 79.5 Å². The van der Waals surface area contributed by atoms with Gasteiger partial charge in [-0.3, -0.25) is 4.79 Å². The first kappa shape index (κ1) is 14.5. The summed E-state index contributed by atoms with van der Waals surface area (Å²) in [6.45, 7) is 2.79. The number of pyridine rings is 1. The molecule has 0 radical (unpaired) electrons. The number of carbonyl (C=O) groups excluding carboxylic acids is 1. The molecular weight excluding hydrogens is 278 g/mol. The molecule has 1 saturated heterocycles. The minimum Gasteiger partial charge on any atom is -0.384 e. The van der Waals surface area contributed by atoms with Crippen LogP contribution in [0.5, 0.6) is 0 Å². The maximum absolute atomic E-state index is 12.5. The maximum Gasteiger partial charge on any atom is 0.255 e. The van der Waals surface area contributed by atoms with Gasteiger partial charge in [-0.25, -0.2) is 4.98 Å². The molecule has 2 heterocycles. The molecule has 0 saturated carbocycles. The van der Waals surface area contributed by atoms with E-state index in [0.29, 0.717) is 30.9 Å². The Labute approximate surface area is 129 Å². The summed E-state index contributed by atoms with van der Waals surface area (Å²) < 4.78 is 0. The fraction of sp³-hybridized carbons (Fsp3) is 0.294. The van der Waals surface area contributed by atoms with E-state index in [1.807, 2.05) is 31.2 Å². The van der Waals surface area contributed by atoms with Crippen molar-refractivity contribution in [3.8, 4) is 0 Å². The number of aromatic nitrogens is 1. The predicted octanol–water partition coefficient (Wildman–Crippen LogP) is 1.71. The number of nitrogens with zero attached hydrogens (tertiary/aromatic N) is 2. The predicted molar refractivity (Wildman–Crippen MR) is 84.2 cm³/mol. The number of rotatable bonds is 2. The van der Waals surface area contributed by atoms with Gasteiger partial charge in [0.25, 0.3) is 5.91 Å². The summed E-state index contributed by atoms with van der Waals surface area (Å²) >= 11 is 0. The fourth-order valence-corrected chi connectivity index (χ4v) is 3.00. The number of nitrogen functional groups attached to an aromatic ring is 1. The fourth-order valence-electron chi connectivity index (χ4n) is 3.00. The molecule has 1 aromatic heterocycles. The third kappa shape index (κ3) is 2.55. The zero-order valence-corrected chi connectivity index (χ0v) is 12.5. The number of aryl methyl sites for hydroxylation is 1. The standard InChI is InChI=1S/C17H19N3O2/c1-12-4-2-3-5-14(12)17(22)8-9-20(11-17)16(21)13-6-7-15(18)19-10-13/h2-7,10,22H,8-9,11H2,1H3,(H2,18,19)/t17-/m1/s1. The second-order valence-electron chi connectivity index (χ2n) is 5.79. The van der Waals surface area contributed by atoms with Crippen LogP contribution in [0, 0.1) is 6.92 Å². The molecule has 1 aliphatic heterocycles. The van der Waals surface area contributed by atoms with Crippen LogP contribution in [0.1, 0.15) is 27.9 Å². The minimum absolute atomic E-state index is 0.128. The Kier molecular flexibility index (Phi) is 3.58. The third-order valence-corrected chi connectivity index (χ3v) is 4.21. The van der Waals surface area contributed by atoms with Gasteiger partial charge in [-0.2, -0.15) is 0 Å². The van der Waals surface area contributed by atoms with Crippen LogP contribution in [0.3, 0.4) is 0 Å². The van der Waals surface area contributed by atoms with Crippen LogP contribution in [0.2, 0.25) is 0 Å². The monoisotopic (exact) mass is 297 g/mol. The van der Waals surface area contributed by atoms with Gasteiger partial charge in [0.1, 0.15) is 11.4 Å². The second-order valence-corrected chi connectivity index (χ2v) is 5.79. The van der Waals surface area contributed by atoms with E-state index in [4.69, 9.17) is 5.73 Å². The molecule has 22 heavy (non-hydrogen) atoms. The Hall–Kier alpha value is -2.40. The van der Waals surface area contributed by atoms with Crippen molar-refractivity contribution in [3.63, 3.8) is 0 Å². The van der Waals surface area contributed by atoms with Crippen molar-refractivity contribution < 1.29 is 9.90 Å². The number of β-amino-alcohol motifs (C(OH)–C–C–N with tert-alkyl or cyclic N) is 1. The molecule has 0 bridgehead atoms. The van der Waals surface area contributed by atoms with Crippen LogP contribution in [0.25, 0.3) is 0 Å². The average molecular weight is 297 g/mol. The molecular formula is C17H19N3O2. The smallest absolute Gasteiger partial charge is 0.255 e. The van der Waals surface area contributed by atoms with E-state index in [9.17, 15) is 9.90 Å². The summed E-state index contributed by atoms with van der Waals surface area (Å²) in [5.74, 6) is 0.256. The largest absolute Gasteiger partial charge is 0.384 e. The quantitative estimate of drug-likeness (QED) is 0.884. The molecule has 114 valence electrons. The molecule has 3 rings (SSSR count). The SMILES string of the molecule is Cc1ccccc1[C@@]1(O)CCN(C(=O)c2ccc(N)nc2)C1. The zero-order chi connectivity index (χ0) is 15.7. The van der Waals surface area contributed by atoms with Gasteiger partial charge in [0, 0.05) is 12.7 Å². The van der Waals surface area contributed by atoms with Crippen LogP contribution < -0.4 is 5.73 Å². The Bertz CT molecular complexity index is 699. The lowest BCUT2D eigenvalue weighted by Gasteiger charge is -2.25. The molecule has 2 aromatic rings. The Balaban J connectivity index is 1.81. The summed E-state index contributed by atoms with van der Waals surface area (Å²) in [6.07, 6.45) is 2.01. The molecule has 5 heteroatoms. The third-order valence-electron chi connectivity index (χ3n) is 4.21. The van der Waals surface area contributed by atoms with Crippen molar-refractivity contribution in [2.45, 2.75) is 18.9 Å². The Morgan fingerprint density at radius 3 is 2.77 bits per heavy atom. The summed E-state index contributed by atoms with van der Waals surface area (Å²) in [5, 5.41) is 10.9. The van der Waals surface area contributed by atoms with E-state index in [2.05, 4.69) is 4.98 Å². The minimum atomic E-state index is -0.984. The molecule has 1 amide bonds. The van der Waals surface area contributed by atoms with Gasteiger partial charge in [-0.1, -0.05) is 24.3 Å². The van der Waals surface area contributed by atoms with Gasteiger partial charge in [0.15, 0.2) is 0 Å². The molecule has 1 aliphatic rings. The van der Waals surface area contributed by atoms with Crippen molar-refractivity contribution in [2.24, 2.45) is 0 Å². The number of likely N-dealkylation sites (tertiary alicyclic amines) is 1. The van der Waals surface area contributed by atoms with Gasteiger partial charge in [-0.15, -0.1) is 0 Å². The van der Waals surface area contributed by atoms with E-state index in [-0.39, 0.29) is 5.91 Å². The number of hydrogen-bond acceptors (Lipinski definition) is 4. The molecule has 5 nitrogen and oxygen atoms in total. The molecule has 0 spiro atoms. The van der Waals surface area contributed by atoms with Gasteiger partial charge in [0.05, 0.1) is 12.1 Å². The maximum atomic E-state index is 12.5. The van der Waals surface area contributed by atoms with Crippen molar-refractivity contribution in [3.05, 3.63) is 59.3 Å². The lowest BCUT2D eigenvalue weighted by atomic mass is 9.89. The first-order valence-corrected chi connectivity index (χ1v) is 7.29. The lowest BCUT2D eigenvalue weighted by Crippen LogP contribution is -2.34. The molecule has 3 N–H and O–H groups in total. The van der Waals surface area contributed by atoms with E-state index in [0.717, 1.165) is 11.1 Å². The van der Waals surface area contributed by atoms with E-state index in [1.54, 1.807) is 17.0 Å². The number of carbonyl (C=O) groups is 1. The van der Waals surface area contributed by atoms with Gasteiger partial charge >= 0.3 is 0 Å². The van der Waals surface area contributed by atoms with Crippen LogP contribution in [0.4, 0.5) is 5.82 Å². The number of nitrogens with two attached hydrogens (primary N) is 1. The summed E-state index contributed by atoms with van der Waals surface area (Å²) in [6, 6.07) is 11.0. The first-order chi connectivity index (χ1) is 10.5. The Morgan fingerprint density at radius 2 is 2.09 bits per heavy atom. The molecule has 0 aliphatic carbocycles. The van der Waals surface area contributed by atoms with Gasteiger partial charge in [-0.05, 0) is 36.6 Å². The molecule has 1 atom stereocenters. The van der Waals surface area contributed by atoms with E-state index < -0.39 is 5.60 Å². The number of hydrogen-bond donors (Lipinski definition) is 2. The molecule has 1 aromatic carbocycles. The van der Waals surface area contributed by atoms with Crippen LogP contribution >= 0.6 is 0 Å². The van der Waals surface area contributed by atoms with Gasteiger partial charge in [0.2, 0.25) is 0 Å². The van der Waals surface area contributed by atoms with Gasteiger partial charge < -0.3 is 15.7 Å². The highest BCUT2D eigenvalue weighted by atomic mass is 16.3. The van der Waals surface area contributed by atoms with Crippen LogP contribution in [-0.2, 0) is 5.60 Å². The first-order valence-electron chi connectivity index (χ1n) is 7.29. The lowest BCUT2D eigenvalue weighted by molar-refractivity contribution is 0.0412. The van der Waals surface area contributed by atoms with Crippen LogP contribution in [-0.4, -0.2) is 34.0 Å². The summed E-state index contributed by atoms with van der Waals surface area (Å²) in [5.41, 5.74) is 6.97. The Morgan fingerprint density at radius 1 is 1.32 bits per heavy atom.